The zero-order chi connectivity index (χ0) is 21.0. The minimum absolute atomic E-state index is 0.105. The van der Waals surface area contributed by atoms with Gasteiger partial charge in [0.2, 0.25) is 0 Å². The molecule has 1 N–H and O–H groups in total. The number of hydrogen-bond acceptors (Lipinski definition) is 3. The third-order valence-electron chi connectivity index (χ3n) is 5.41. The molecule has 1 atom stereocenters. The molecule has 0 aliphatic heterocycles. The zero-order valence-corrected chi connectivity index (χ0v) is 16.3. The first-order valence-electron chi connectivity index (χ1n) is 9.76. The highest BCUT2D eigenvalue weighted by Crippen LogP contribution is 2.38. The van der Waals surface area contributed by atoms with Crippen molar-refractivity contribution in [3.05, 3.63) is 82.2 Å². The molecule has 2 aromatic rings. The molecule has 0 aromatic heterocycles. The van der Waals surface area contributed by atoms with E-state index in [-0.39, 0.29) is 29.7 Å². The lowest BCUT2D eigenvalue weighted by molar-refractivity contribution is -0.137. The molecule has 0 saturated heterocycles. The summed E-state index contributed by atoms with van der Waals surface area (Å²) in [5, 5.41) is 8.80. The Balaban J connectivity index is 1.93. The standard InChI is InChI=1S/C24H23FO4/c1-15-22(24(29)20-9-6-5-8-19(20)23(15)28)18(7-3-2-4-10-21(26)27)16-11-13-17(25)14-12-16/h5-6,8-9,11-14,18H,2-4,7,10H2,1H3,(H,26,27). The Labute approximate surface area is 169 Å². The van der Waals surface area contributed by atoms with Gasteiger partial charge in [0.25, 0.3) is 0 Å². The lowest BCUT2D eigenvalue weighted by Gasteiger charge is -2.26. The quantitative estimate of drug-likeness (QED) is 0.614. The van der Waals surface area contributed by atoms with Gasteiger partial charge in [-0.15, -0.1) is 0 Å². The van der Waals surface area contributed by atoms with Gasteiger partial charge in [0, 0.05) is 34.6 Å². The largest absolute Gasteiger partial charge is 0.481 e. The van der Waals surface area contributed by atoms with E-state index in [0.717, 1.165) is 5.56 Å². The molecule has 4 nitrogen and oxygen atoms in total. The lowest BCUT2D eigenvalue weighted by Crippen LogP contribution is -2.24. The zero-order valence-electron chi connectivity index (χ0n) is 16.3. The molecule has 0 amide bonds. The van der Waals surface area contributed by atoms with E-state index < -0.39 is 5.97 Å². The summed E-state index contributed by atoms with van der Waals surface area (Å²) in [6.07, 6.45) is 2.65. The normalized spacial score (nSPS) is 14.7. The number of benzene rings is 2. The van der Waals surface area contributed by atoms with Crippen molar-refractivity contribution < 1.29 is 23.9 Å². The number of ketones is 2. The Kier molecular flexibility index (Phi) is 6.37. The second-order valence-electron chi connectivity index (χ2n) is 7.34. The number of carboxylic acid groups (broad SMARTS) is 1. The number of fused-ring (bicyclic) bond motifs is 1. The van der Waals surface area contributed by atoms with Crippen LogP contribution in [0.4, 0.5) is 4.39 Å². The summed E-state index contributed by atoms with van der Waals surface area (Å²) in [6.45, 7) is 1.67. The third kappa shape index (κ3) is 4.50. The number of rotatable bonds is 8. The Morgan fingerprint density at radius 1 is 0.931 bits per heavy atom. The molecule has 1 aliphatic rings. The molecular weight excluding hydrogens is 371 g/mol. The van der Waals surface area contributed by atoms with Gasteiger partial charge in [-0.3, -0.25) is 14.4 Å². The summed E-state index contributed by atoms with van der Waals surface area (Å²) >= 11 is 0. The molecule has 1 unspecified atom stereocenters. The van der Waals surface area contributed by atoms with E-state index in [2.05, 4.69) is 0 Å². The third-order valence-corrected chi connectivity index (χ3v) is 5.41. The molecule has 0 saturated carbocycles. The van der Waals surface area contributed by atoms with Crippen molar-refractivity contribution in [2.75, 3.05) is 0 Å². The molecule has 0 radical (unpaired) electrons. The Morgan fingerprint density at radius 3 is 2.17 bits per heavy atom. The van der Waals surface area contributed by atoms with Crippen molar-refractivity contribution in [3.63, 3.8) is 0 Å². The van der Waals surface area contributed by atoms with E-state index in [4.69, 9.17) is 5.11 Å². The smallest absolute Gasteiger partial charge is 0.303 e. The van der Waals surface area contributed by atoms with E-state index in [9.17, 15) is 18.8 Å². The van der Waals surface area contributed by atoms with Crippen LogP contribution in [-0.2, 0) is 4.79 Å². The molecule has 5 heteroatoms. The number of carbonyl (C=O) groups is 3. The predicted molar refractivity (Wildman–Crippen MR) is 108 cm³/mol. The van der Waals surface area contributed by atoms with Gasteiger partial charge in [-0.25, -0.2) is 4.39 Å². The second kappa shape index (κ2) is 8.95. The summed E-state index contributed by atoms with van der Waals surface area (Å²) in [5.41, 5.74) is 2.47. The number of allylic oxidation sites excluding steroid dienone is 2. The Bertz CT molecular complexity index is 973. The fourth-order valence-electron chi connectivity index (χ4n) is 3.91. The fourth-order valence-corrected chi connectivity index (χ4v) is 3.91. The van der Waals surface area contributed by atoms with Gasteiger partial charge in [-0.2, -0.15) is 0 Å². The van der Waals surface area contributed by atoms with Crippen LogP contribution >= 0.6 is 0 Å². The molecule has 3 rings (SSSR count). The number of unbranched alkanes of at least 4 members (excludes halogenated alkanes) is 2. The number of hydrogen-bond donors (Lipinski definition) is 1. The average Bonchev–Trinajstić information content (AvgIpc) is 2.71. The van der Waals surface area contributed by atoms with Gasteiger partial charge >= 0.3 is 5.97 Å². The number of aliphatic carboxylic acids is 1. The fraction of sp³-hybridized carbons (Fsp3) is 0.292. The Hall–Kier alpha value is -3.08. The maximum Gasteiger partial charge on any atom is 0.303 e. The molecule has 150 valence electrons. The molecule has 29 heavy (non-hydrogen) atoms. The minimum Gasteiger partial charge on any atom is -0.481 e. The SMILES string of the molecule is CC1=C(C(CCCCCC(=O)O)c2ccc(F)cc2)C(=O)c2ccccc2C1=O. The number of carbonyl (C=O) groups excluding carboxylic acids is 2. The van der Waals surface area contributed by atoms with Crippen molar-refractivity contribution >= 4 is 17.5 Å². The molecule has 1 aliphatic carbocycles. The Morgan fingerprint density at radius 2 is 1.55 bits per heavy atom. The van der Waals surface area contributed by atoms with Crippen molar-refractivity contribution in [2.45, 2.75) is 44.9 Å². The van der Waals surface area contributed by atoms with E-state index in [0.29, 0.717) is 48.0 Å². The van der Waals surface area contributed by atoms with E-state index in [1.165, 1.54) is 12.1 Å². The first kappa shape index (κ1) is 20.6. The first-order chi connectivity index (χ1) is 13.9. The maximum atomic E-state index is 13.4. The van der Waals surface area contributed by atoms with Crippen LogP contribution in [0.1, 0.15) is 71.2 Å². The summed E-state index contributed by atoms with van der Waals surface area (Å²) in [6, 6.07) is 12.8. The van der Waals surface area contributed by atoms with Crippen LogP contribution in [-0.4, -0.2) is 22.6 Å². The van der Waals surface area contributed by atoms with Crippen molar-refractivity contribution in [1.82, 2.24) is 0 Å². The van der Waals surface area contributed by atoms with Crippen LogP contribution in [0.2, 0.25) is 0 Å². The second-order valence-corrected chi connectivity index (χ2v) is 7.34. The summed E-state index contributed by atoms with van der Waals surface area (Å²) < 4.78 is 13.4. The number of halogens is 1. The van der Waals surface area contributed by atoms with Gasteiger partial charge in [-0.1, -0.05) is 49.2 Å². The van der Waals surface area contributed by atoms with Gasteiger partial charge in [0.05, 0.1) is 0 Å². The molecule has 0 bridgehead atoms. The highest BCUT2D eigenvalue weighted by molar-refractivity contribution is 6.27. The first-order valence-corrected chi connectivity index (χ1v) is 9.76. The van der Waals surface area contributed by atoms with Crippen LogP contribution in [0.15, 0.2) is 59.7 Å². The predicted octanol–water partition coefficient (Wildman–Crippen LogP) is 5.34. The summed E-state index contributed by atoms with van der Waals surface area (Å²) in [4.78, 5) is 36.9. The monoisotopic (exact) mass is 394 g/mol. The molecule has 0 heterocycles. The van der Waals surface area contributed by atoms with Crippen molar-refractivity contribution in [2.24, 2.45) is 0 Å². The van der Waals surface area contributed by atoms with Crippen molar-refractivity contribution in [1.29, 1.82) is 0 Å². The van der Waals surface area contributed by atoms with Gasteiger partial charge in [0.1, 0.15) is 5.82 Å². The average molecular weight is 394 g/mol. The van der Waals surface area contributed by atoms with E-state index in [1.54, 1.807) is 43.3 Å². The van der Waals surface area contributed by atoms with Gasteiger partial charge < -0.3 is 5.11 Å². The molecule has 2 aromatic carbocycles. The van der Waals surface area contributed by atoms with E-state index in [1.807, 2.05) is 0 Å². The van der Waals surface area contributed by atoms with Crippen LogP contribution in [0.3, 0.4) is 0 Å². The maximum absolute atomic E-state index is 13.4. The van der Waals surface area contributed by atoms with Crippen LogP contribution in [0.5, 0.6) is 0 Å². The highest BCUT2D eigenvalue weighted by Gasteiger charge is 2.34. The molecule has 0 fully saturated rings. The number of Topliss-reactive ketones (excluding diaryl/α,β-unsaturated/α-hetero) is 2. The van der Waals surface area contributed by atoms with Gasteiger partial charge in [0.15, 0.2) is 11.6 Å². The van der Waals surface area contributed by atoms with Crippen molar-refractivity contribution in [3.8, 4) is 0 Å². The highest BCUT2D eigenvalue weighted by atomic mass is 19.1. The van der Waals surface area contributed by atoms with Crippen LogP contribution in [0.25, 0.3) is 0 Å². The van der Waals surface area contributed by atoms with E-state index >= 15 is 0 Å². The van der Waals surface area contributed by atoms with Crippen LogP contribution in [0, 0.1) is 5.82 Å². The summed E-state index contributed by atoms with van der Waals surface area (Å²) in [5.74, 6) is -1.87. The topological polar surface area (TPSA) is 71.4 Å². The van der Waals surface area contributed by atoms with Crippen LogP contribution < -0.4 is 0 Å². The minimum atomic E-state index is -0.830. The molecular formula is C24H23FO4. The lowest BCUT2D eigenvalue weighted by atomic mass is 9.75. The van der Waals surface area contributed by atoms with Gasteiger partial charge in [-0.05, 0) is 37.5 Å². The summed E-state index contributed by atoms with van der Waals surface area (Å²) in [7, 11) is 0. The number of carboxylic acids is 1. The molecule has 0 spiro atoms.